The number of methoxy groups -OCH3 is 1. The Morgan fingerprint density at radius 2 is 2.29 bits per heavy atom. The van der Waals surface area contributed by atoms with Crippen molar-refractivity contribution in [3.05, 3.63) is 23.8 Å². The molecule has 0 unspecified atom stereocenters. The molecule has 4 heteroatoms. The summed E-state index contributed by atoms with van der Waals surface area (Å²) in [7, 11) is 1.73. The number of fused-ring (bicyclic) bond motifs is 1. The highest BCUT2D eigenvalue weighted by atomic mass is 32.2. The summed E-state index contributed by atoms with van der Waals surface area (Å²) < 4.78 is 5.40. The molecule has 116 valence electrons. The largest absolute Gasteiger partial charge is 0.497 e. The molecule has 0 bridgehead atoms. The van der Waals surface area contributed by atoms with Crippen molar-refractivity contribution in [2.75, 3.05) is 26.0 Å². The number of benzene rings is 1. The second kappa shape index (κ2) is 6.59. The Bertz CT molecular complexity index is 488. The van der Waals surface area contributed by atoms with Crippen molar-refractivity contribution in [2.24, 2.45) is 5.41 Å². The third kappa shape index (κ3) is 3.55. The molecule has 0 aromatic heterocycles. The molecule has 0 spiro atoms. The van der Waals surface area contributed by atoms with Gasteiger partial charge in [-0.05, 0) is 67.0 Å². The second-order valence-corrected chi connectivity index (χ2v) is 7.44. The highest BCUT2D eigenvalue weighted by Gasteiger charge is 2.41. The quantitative estimate of drug-likeness (QED) is 0.845. The molecule has 1 aliphatic carbocycles. The highest BCUT2D eigenvalue weighted by Crippen LogP contribution is 2.48. The molecule has 3 rings (SSSR count). The van der Waals surface area contributed by atoms with Crippen LogP contribution in [-0.2, 0) is 0 Å². The third-order valence-corrected chi connectivity index (χ3v) is 5.99. The summed E-state index contributed by atoms with van der Waals surface area (Å²) in [5.74, 6) is 2.14. The number of aliphatic hydroxyl groups excluding tert-OH is 1. The minimum absolute atomic E-state index is 0.312. The average Bonchev–Trinajstić information content (AvgIpc) is 3.29. The number of rotatable bonds is 6. The standard InChI is InChI=1S/C17H25NO2S/c1-20-13-4-5-16-14(11-13)15(3-2-10-21-16)18-12-17(6-7-17)8-9-19/h4-5,11,15,18-19H,2-3,6-10,12H2,1H3/t15-/m0/s1. The summed E-state index contributed by atoms with van der Waals surface area (Å²) in [4.78, 5) is 1.39. The van der Waals surface area contributed by atoms with Crippen LogP contribution >= 0.6 is 11.8 Å². The molecule has 1 aromatic rings. The first-order valence-electron chi connectivity index (χ1n) is 7.91. The van der Waals surface area contributed by atoms with Gasteiger partial charge in [-0.15, -0.1) is 11.8 Å². The predicted octanol–water partition coefficient (Wildman–Crippen LogP) is 3.37. The zero-order valence-corrected chi connectivity index (χ0v) is 13.5. The van der Waals surface area contributed by atoms with Gasteiger partial charge in [0.2, 0.25) is 0 Å². The van der Waals surface area contributed by atoms with Gasteiger partial charge in [0.15, 0.2) is 0 Å². The lowest BCUT2D eigenvalue weighted by atomic mass is 9.98. The molecule has 1 fully saturated rings. The monoisotopic (exact) mass is 307 g/mol. The van der Waals surface area contributed by atoms with Gasteiger partial charge < -0.3 is 15.2 Å². The Kier molecular flexibility index (Phi) is 4.77. The third-order valence-electron chi connectivity index (χ3n) is 4.81. The van der Waals surface area contributed by atoms with E-state index in [0.29, 0.717) is 18.1 Å². The number of thioether (sulfide) groups is 1. The van der Waals surface area contributed by atoms with Crippen LogP contribution in [0, 0.1) is 5.41 Å². The molecule has 0 saturated heterocycles. The first-order chi connectivity index (χ1) is 10.3. The molecule has 1 heterocycles. The van der Waals surface area contributed by atoms with Gasteiger partial charge in [-0.3, -0.25) is 0 Å². The van der Waals surface area contributed by atoms with E-state index in [2.05, 4.69) is 23.5 Å². The summed E-state index contributed by atoms with van der Waals surface area (Å²) in [6, 6.07) is 6.86. The molecule has 1 aromatic carbocycles. The Hall–Kier alpha value is -0.710. The molecule has 0 radical (unpaired) electrons. The Labute approximate surface area is 131 Å². The van der Waals surface area contributed by atoms with Crippen LogP contribution < -0.4 is 10.1 Å². The minimum Gasteiger partial charge on any atom is -0.497 e. The van der Waals surface area contributed by atoms with Crippen molar-refractivity contribution in [1.82, 2.24) is 5.32 Å². The van der Waals surface area contributed by atoms with Gasteiger partial charge in [-0.2, -0.15) is 0 Å². The number of ether oxygens (including phenoxy) is 1. The molecule has 21 heavy (non-hydrogen) atoms. The van der Waals surface area contributed by atoms with Gasteiger partial charge in [-0.25, -0.2) is 0 Å². The van der Waals surface area contributed by atoms with Crippen LogP contribution in [0.4, 0.5) is 0 Å². The van der Waals surface area contributed by atoms with E-state index in [9.17, 15) is 5.11 Å². The van der Waals surface area contributed by atoms with Crippen LogP contribution in [0.1, 0.15) is 43.7 Å². The smallest absolute Gasteiger partial charge is 0.119 e. The molecular formula is C17H25NO2S. The van der Waals surface area contributed by atoms with Crippen LogP contribution in [0.2, 0.25) is 0 Å². The van der Waals surface area contributed by atoms with Crippen LogP contribution in [0.5, 0.6) is 5.75 Å². The maximum atomic E-state index is 9.20. The lowest BCUT2D eigenvalue weighted by Crippen LogP contribution is -2.29. The SMILES string of the molecule is COc1ccc2c(c1)[C@@H](NCC1(CCO)CC1)CCCS2. The van der Waals surface area contributed by atoms with Crippen LogP contribution in [0.15, 0.2) is 23.1 Å². The van der Waals surface area contributed by atoms with E-state index in [1.807, 2.05) is 11.8 Å². The average molecular weight is 307 g/mol. The van der Waals surface area contributed by atoms with E-state index in [0.717, 1.165) is 18.7 Å². The van der Waals surface area contributed by atoms with Crippen LogP contribution in [-0.4, -0.2) is 31.1 Å². The zero-order chi connectivity index (χ0) is 14.7. The fraction of sp³-hybridized carbons (Fsp3) is 0.647. The topological polar surface area (TPSA) is 41.5 Å². The molecule has 1 atom stereocenters. The molecule has 1 saturated carbocycles. The number of hydrogen-bond acceptors (Lipinski definition) is 4. The number of aliphatic hydroxyl groups is 1. The van der Waals surface area contributed by atoms with Gasteiger partial charge in [0.05, 0.1) is 7.11 Å². The van der Waals surface area contributed by atoms with Crippen molar-refractivity contribution in [1.29, 1.82) is 0 Å². The highest BCUT2D eigenvalue weighted by molar-refractivity contribution is 7.99. The summed E-state index contributed by atoms with van der Waals surface area (Å²) in [5, 5.41) is 13.0. The summed E-state index contributed by atoms with van der Waals surface area (Å²) in [6.45, 7) is 1.34. The fourth-order valence-electron chi connectivity index (χ4n) is 3.16. The molecule has 3 nitrogen and oxygen atoms in total. The molecule has 0 amide bonds. The van der Waals surface area contributed by atoms with E-state index in [4.69, 9.17) is 4.74 Å². The predicted molar refractivity (Wildman–Crippen MR) is 87.1 cm³/mol. The maximum Gasteiger partial charge on any atom is 0.119 e. The second-order valence-electron chi connectivity index (χ2n) is 6.30. The molecular weight excluding hydrogens is 282 g/mol. The van der Waals surface area contributed by atoms with E-state index < -0.39 is 0 Å². The van der Waals surface area contributed by atoms with Gasteiger partial charge in [0.1, 0.15) is 5.75 Å². The minimum atomic E-state index is 0.312. The molecule has 2 aliphatic rings. The van der Waals surface area contributed by atoms with Gasteiger partial charge in [0, 0.05) is 24.1 Å². The van der Waals surface area contributed by atoms with E-state index in [-0.39, 0.29) is 0 Å². The number of nitrogens with one attached hydrogen (secondary N) is 1. The van der Waals surface area contributed by atoms with E-state index in [1.165, 1.54) is 41.9 Å². The zero-order valence-electron chi connectivity index (χ0n) is 12.7. The van der Waals surface area contributed by atoms with Crippen LogP contribution in [0.25, 0.3) is 0 Å². The van der Waals surface area contributed by atoms with Gasteiger partial charge in [0.25, 0.3) is 0 Å². The van der Waals surface area contributed by atoms with Crippen molar-refractivity contribution in [3.63, 3.8) is 0 Å². The Balaban J connectivity index is 1.73. The molecule has 2 N–H and O–H groups in total. The molecule has 1 aliphatic heterocycles. The van der Waals surface area contributed by atoms with Crippen LogP contribution in [0.3, 0.4) is 0 Å². The Morgan fingerprint density at radius 1 is 1.43 bits per heavy atom. The van der Waals surface area contributed by atoms with Crippen molar-refractivity contribution < 1.29 is 9.84 Å². The van der Waals surface area contributed by atoms with Gasteiger partial charge in [-0.1, -0.05) is 0 Å². The van der Waals surface area contributed by atoms with E-state index in [1.54, 1.807) is 7.11 Å². The van der Waals surface area contributed by atoms with Gasteiger partial charge >= 0.3 is 0 Å². The first-order valence-corrected chi connectivity index (χ1v) is 8.90. The van der Waals surface area contributed by atoms with Crippen molar-refractivity contribution in [2.45, 2.75) is 43.0 Å². The summed E-state index contributed by atoms with van der Waals surface area (Å²) >= 11 is 1.96. The van der Waals surface area contributed by atoms with Crippen molar-refractivity contribution in [3.8, 4) is 5.75 Å². The normalized spacial score (nSPS) is 23.2. The first kappa shape index (κ1) is 15.2. The fourth-order valence-corrected chi connectivity index (χ4v) is 4.23. The maximum absolute atomic E-state index is 9.20. The lowest BCUT2D eigenvalue weighted by molar-refractivity contribution is 0.241. The lowest BCUT2D eigenvalue weighted by Gasteiger charge is -2.23. The summed E-state index contributed by atoms with van der Waals surface area (Å²) in [6.07, 6.45) is 5.88. The number of hydrogen-bond donors (Lipinski definition) is 2. The Morgan fingerprint density at radius 3 is 3.00 bits per heavy atom. The van der Waals surface area contributed by atoms with E-state index >= 15 is 0 Å². The van der Waals surface area contributed by atoms with Crippen molar-refractivity contribution >= 4 is 11.8 Å². The summed E-state index contributed by atoms with van der Waals surface area (Å²) in [5.41, 5.74) is 1.75.